The van der Waals surface area contributed by atoms with Gasteiger partial charge in [-0.15, -0.1) is 0 Å². The van der Waals surface area contributed by atoms with Gasteiger partial charge in [0.15, 0.2) is 0 Å². The molecular weight excluding hydrogens is 204 g/mol. The molecule has 0 bridgehead atoms. The van der Waals surface area contributed by atoms with Crippen molar-refractivity contribution in [1.29, 1.82) is 0 Å². The second-order valence-corrected chi connectivity index (χ2v) is 4.53. The molecule has 0 amide bonds. The lowest BCUT2D eigenvalue weighted by molar-refractivity contribution is 0.176. The lowest BCUT2D eigenvalue weighted by atomic mass is 9.90. The molecule has 1 aliphatic rings. The molecule has 0 saturated carbocycles. The van der Waals surface area contributed by atoms with Crippen LogP contribution >= 0.6 is 0 Å². The maximum absolute atomic E-state index is 9.76. The third-order valence-electron chi connectivity index (χ3n) is 3.15. The number of anilines is 1. The van der Waals surface area contributed by atoms with Crippen LogP contribution in [0.2, 0.25) is 0 Å². The summed E-state index contributed by atoms with van der Waals surface area (Å²) in [6.07, 6.45) is 1.76. The van der Waals surface area contributed by atoms with E-state index in [0.717, 1.165) is 25.1 Å². The molecule has 0 aromatic heterocycles. The normalized spacial score (nSPS) is 25.8. The minimum Gasteiger partial charge on any atom is -0.506 e. The number of nitrogens with two attached hydrogens (primary N) is 1. The van der Waals surface area contributed by atoms with Crippen molar-refractivity contribution < 1.29 is 10.2 Å². The average molecular weight is 222 g/mol. The molecule has 4 N–H and O–H groups in total. The summed E-state index contributed by atoms with van der Waals surface area (Å²) in [7, 11) is 0. The number of rotatable bonds is 2. The Kier molecular flexibility index (Phi) is 3.03. The predicted octanol–water partition coefficient (Wildman–Crippen LogP) is 0.682. The van der Waals surface area contributed by atoms with Gasteiger partial charge in [0, 0.05) is 13.1 Å². The van der Waals surface area contributed by atoms with Crippen LogP contribution < -0.4 is 10.6 Å². The predicted molar refractivity (Wildman–Crippen MR) is 63.6 cm³/mol. The zero-order valence-corrected chi connectivity index (χ0v) is 9.26. The minimum atomic E-state index is -0.541. The van der Waals surface area contributed by atoms with Gasteiger partial charge in [0.2, 0.25) is 0 Å². The van der Waals surface area contributed by atoms with Crippen molar-refractivity contribution in [3.63, 3.8) is 0 Å². The molecule has 1 aromatic carbocycles. The number of aliphatic hydroxyl groups is 1. The molecule has 4 heteroatoms. The summed E-state index contributed by atoms with van der Waals surface area (Å²) < 4.78 is 0. The first-order valence-electron chi connectivity index (χ1n) is 5.57. The van der Waals surface area contributed by atoms with E-state index in [0.29, 0.717) is 6.54 Å². The summed E-state index contributed by atoms with van der Waals surface area (Å²) in [5.41, 5.74) is 6.32. The summed E-state index contributed by atoms with van der Waals surface area (Å²) in [4.78, 5) is 2.04. The molecule has 0 spiro atoms. The van der Waals surface area contributed by atoms with Gasteiger partial charge >= 0.3 is 0 Å². The summed E-state index contributed by atoms with van der Waals surface area (Å²) >= 11 is 0. The molecule has 1 atom stereocenters. The molecule has 16 heavy (non-hydrogen) atoms. The van der Waals surface area contributed by atoms with E-state index in [9.17, 15) is 10.2 Å². The number of nitrogens with zero attached hydrogens (tertiary/aromatic N) is 1. The van der Waals surface area contributed by atoms with Gasteiger partial charge in [-0.1, -0.05) is 12.1 Å². The Labute approximate surface area is 95.3 Å². The molecule has 1 fully saturated rings. The zero-order chi connectivity index (χ0) is 11.6. The summed E-state index contributed by atoms with van der Waals surface area (Å²) in [6.45, 7) is 1.44. The largest absolute Gasteiger partial charge is 0.506 e. The first kappa shape index (κ1) is 11.2. The third-order valence-corrected chi connectivity index (χ3v) is 3.15. The minimum absolute atomic E-state index is 0.0168. The van der Waals surface area contributed by atoms with Crippen LogP contribution in [0, 0.1) is 0 Å². The lowest BCUT2D eigenvalue weighted by Crippen LogP contribution is -2.56. The van der Waals surface area contributed by atoms with E-state index in [2.05, 4.69) is 0 Å². The Balaban J connectivity index is 2.19. The number of hydrogen-bond acceptors (Lipinski definition) is 4. The smallest absolute Gasteiger partial charge is 0.138 e. The van der Waals surface area contributed by atoms with Crippen molar-refractivity contribution >= 4 is 5.69 Å². The molecule has 1 unspecified atom stereocenters. The van der Waals surface area contributed by atoms with Gasteiger partial charge in [0.25, 0.3) is 0 Å². The van der Waals surface area contributed by atoms with E-state index in [4.69, 9.17) is 5.73 Å². The van der Waals surface area contributed by atoms with Gasteiger partial charge in [0.1, 0.15) is 5.75 Å². The highest BCUT2D eigenvalue weighted by Gasteiger charge is 2.31. The summed E-state index contributed by atoms with van der Waals surface area (Å²) in [6, 6.07) is 7.23. The highest BCUT2D eigenvalue weighted by molar-refractivity contribution is 5.58. The van der Waals surface area contributed by atoms with Crippen LogP contribution in [0.1, 0.15) is 12.8 Å². The van der Waals surface area contributed by atoms with Crippen molar-refractivity contribution in [3.05, 3.63) is 24.3 Å². The second-order valence-electron chi connectivity index (χ2n) is 4.53. The number of hydrogen-bond donors (Lipinski definition) is 3. The van der Waals surface area contributed by atoms with Gasteiger partial charge in [-0.05, 0) is 25.0 Å². The van der Waals surface area contributed by atoms with Crippen molar-refractivity contribution in [2.45, 2.75) is 18.4 Å². The number of aromatic hydroxyl groups is 1. The molecule has 1 heterocycles. The van der Waals surface area contributed by atoms with Gasteiger partial charge in [-0.25, -0.2) is 0 Å². The van der Waals surface area contributed by atoms with Gasteiger partial charge in [0.05, 0.1) is 17.8 Å². The number of phenols is 1. The lowest BCUT2D eigenvalue weighted by Gasteiger charge is -2.40. The van der Waals surface area contributed by atoms with Crippen molar-refractivity contribution in [2.75, 3.05) is 24.6 Å². The molecule has 0 radical (unpaired) electrons. The quantitative estimate of drug-likeness (QED) is 0.688. The van der Waals surface area contributed by atoms with Crippen LogP contribution in [0.15, 0.2) is 24.3 Å². The highest BCUT2D eigenvalue weighted by Crippen LogP contribution is 2.30. The molecule has 1 aliphatic heterocycles. The van der Waals surface area contributed by atoms with Crippen LogP contribution in [0.3, 0.4) is 0 Å². The fourth-order valence-corrected chi connectivity index (χ4v) is 2.23. The van der Waals surface area contributed by atoms with Crippen molar-refractivity contribution in [2.24, 2.45) is 5.73 Å². The fourth-order valence-electron chi connectivity index (χ4n) is 2.23. The zero-order valence-electron chi connectivity index (χ0n) is 9.26. The molecule has 1 aromatic rings. The molecule has 1 saturated heterocycles. The van der Waals surface area contributed by atoms with E-state index in [1.807, 2.05) is 17.0 Å². The number of piperidine rings is 1. The summed E-state index contributed by atoms with van der Waals surface area (Å²) in [5.74, 6) is 0.268. The maximum atomic E-state index is 9.76. The summed E-state index contributed by atoms with van der Waals surface area (Å²) in [5, 5.41) is 19.0. The Bertz CT molecular complexity index is 370. The van der Waals surface area contributed by atoms with E-state index < -0.39 is 5.54 Å². The Morgan fingerprint density at radius 2 is 2.12 bits per heavy atom. The Morgan fingerprint density at radius 3 is 2.81 bits per heavy atom. The number of para-hydroxylation sites is 2. The topological polar surface area (TPSA) is 69.7 Å². The highest BCUT2D eigenvalue weighted by atomic mass is 16.3. The number of aliphatic hydroxyl groups excluding tert-OH is 1. The SMILES string of the molecule is NC1(CO)CCCN(c2ccccc2O)C1. The van der Waals surface area contributed by atoms with Crippen LogP contribution in [-0.4, -0.2) is 35.4 Å². The second kappa shape index (κ2) is 4.31. The average Bonchev–Trinajstić information content (AvgIpc) is 2.30. The van der Waals surface area contributed by atoms with Crippen LogP contribution in [0.4, 0.5) is 5.69 Å². The molecule has 4 nitrogen and oxygen atoms in total. The Morgan fingerprint density at radius 1 is 1.38 bits per heavy atom. The Hall–Kier alpha value is -1.26. The van der Waals surface area contributed by atoms with Crippen molar-refractivity contribution in [3.8, 4) is 5.75 Å². The van der Waals surface area contributed by atoms with Crippen molar-refractivity contribution in [1.82, 2.24) is 0 Å². The number of phenolic OH excluding ortho intramolecular Hbond substituents is 1. The van der Waals surface area contributed by atoms with Gasteiger partial charge in [-0.3, -0.25) is 0 Å². The molecule has 2 rings (SSSR count). The van der Waals surface area contributed by atoms with E-state index in [-0.39, 0.29) is 12.4 Å². The van der Waals surface area contributed by atoms with E-state index >= 15 is 0 Å². The van der Waals surface area contributed by atoms with E-state index in [1.54, 1.807) is 12.1 Å². The van der Waals surface area contributed by atoms with Crippen LogP contribution in [0.25, 0.3) is 0 Å². The van der Waals surface area contributed by atoms with Crippen LogP contribution in [-0.2, 0) is 0 Å². The van der Waals surface area contributed by atoms with Gasteiger partial charge in [-0.2, -0.15) is 0 Å². The molecule has 0 aliphatic carbocycles. The standard InChI is InChI=1S/C12H18N2O2/c13-12(9-15)6-3-7-14(8-12)10-4-1-2-5-11(10)16/h1-2,4-5,15-16H,3,6-9,13H2. The molecule has 88 valence electrons. The molecular formula is C12H18N2O2. The number of benzene rings is 1. The van der Waals surface area contributed by atoms with Crippen LogP contribution in [0.5, 0.6) is 5.75 Å². The fraction of sp³-hybridized carbons (Fsp3) is 0.500. The first-order chi connectivity index (χ1) is 7.64. The van der Waals surface area contributed by atoms with E-state index in [1.165, 1.54) is 0 Å². The first-order valence-corrected chi connectivity index (χ1v) is 5.57. The maximum Gasteiger partial charge on any atom is 0.138 e. The third kappa shape index (κ3) is 2.13. The monoisotopic (exact) mass is 222 g/mol. The van der Waals surface area contributed by atoms with Gasteiger partial charge < -0.3 is 20.8 Å².